The summed E-state index contributed by atoms with van der Waals surface area (Å²) in [7, 11) is 0. The number of benzene rings is 1. The Kier molecular flexibility index (Phi) is 6.55. The Labute approximate surface area is 122 Å². The molecule has 1 aromatic rings. The summed E-state index contributed by atoms with van der Waals surface area (Å²) in [6.45, 7) is 9.64. The first kappa shape index (κ1) is 15.7. The van der Waals surface area contributed by atoms with Crippen molar-refractivity contribution in [1.29, 1.82) is 0 Å². The molecular weight excluding hydrogens is 299 g/mol. The van der Waals surface area contributed by atoms with E-state index in [0.717, 1.165) is 15.6 Å². The van der Waals surface area contributed by atoms with Crippen LogP contribution in [0.25, 0.3) is 0 Å². The second-order valence-corrected chi connectivity index (χ2v) is 6.16. The van der Waals surface area contributed by atoms with E-state index in [-0.39, 0.29) is 26.7 Å². The number of carbonyl (C=O) groups is 1. The van der Waals surface area contributed by atoms with Gasteiger partial charge in [0.05, 0.1) is 0 Å². The number of hydrogen-bond acceptors (Lipinski definition) is 1. The number of ketones is 1. The molecule has 1 nitrogen and oxygen atoms in total. The Hall–Kier alpha value is -1.37. The van der Waals surface area contributed by atoms with Gasteiger partial charge in [0.25, 0.3) is 0 Å². The monoisotopic (exact) mass is 320 g/mol. The van der Waals surface area contributed by atoms with E-state index in [1.54, 1.807) is 12.2 Å². The zero-order valence-corrected chi connectivity index (χ0v) is 13.3. The normalized spacial score (nSPS) is 12.8. The fourth-order valence-corrected chi connectivity index (χ4v) is 3.08. The van der Waals surface area contributed by atoms with Gasteiger partial charge in [0.2, 0.25) is 0 Å². The van der Waals surface area contributed by atoms with Gasteiger partial charge in [0.15, 0.2) is 0 Å². The summed E-state index contributed by atoms with van der Waals surface area (Å²) in [5, 5.41) is 0. The SMILES string of the molecule is C=CCC(C(=O)/C=C(\[Se]C)C(=C)C)c1ccccc1. The average Bonchev–Trinajstić information content (AvgIpc) is 2.42. The molecule has 1 aromatic carbocycles. The average molecular weight is 319 g/mol. The third-order valence-corrected chi connectivity index (χ3v) is 4.76. The second kappa shape index (κ2) is 7.93. The summed E-state index contributed by atoms with van der Waals surface area (Å²) >= 11 is 0.289. The van der Waals surface area contributed by atoms with E-state index < -0.39 is 0 Å². The molecule has 0 bridgehead atoms. The molecule has 0 radical (unpaired) electrons. The van der Waals surface area contributed by atoms with E-state index in [4.69, 9.17) is 0 Å². The van der Waals surface area contributed by atoms with Crippen molar-refractivity contribution >= 4 is 20.7 Å². The molecule has 0 spiro atoms. The zero-order chi connectivity index (χ0) is 14.3. The topological polar surface area (TPSA) is 17.1 Å². The summed E-state index contributed by atoms with van der Waals surface area (Å²) in [6, 6.07) is 9.88. The van der Waals surface area contributed by atoms with E-state index in [2.05, 4.69) is 19.0 Å². The molecule has 0 heterocycles. The van der Waals surface area contributed by atoms with Gasteiger partial charge in [-0.1, -0.05) is 0 Å². The maximum absolute atomic E-state index is 12.5. The standard InChI is InChI=1S/C17H20OSe/c1-5-9-15(14-10-7-6-8-11-14)16(18)12-17(19-4)13(2)3/h5-8,10-12,15H,1-2,9H2,3-4H3/b17-12-. The van der Waals surface area contributed by atoms with Crippen molar-refractivity contribution in [1.82, 2.24) is 0 Å². The van der Waals surface area contributed by atoms with Crippen LogP contribution in [0.1, 0.15) is 24.8 Å². The van der Waals surface area contributed by atoms with Gasteiger partial charge in [-0.25, -0.2) is 0 Å². The van der Waals surface area contributed by atoms with Gasteiger partial charge >= 0.3 is 122 Å². The van der Waals surface area contributed by atoms with Gasteiger partial charge in [-0.15, -0.1) is 0 Å². The van der Waals surface area contributed by atoms with Gasteiger partial charge in [0.1, 0.15) is 0 Å². The third kappa shape index (κ3) is 4.66. The molecule has 1 atom stereocenters. The fourth-order valence-electron chi connectivity index (χ4n) is 1.85. The minimum atomic E-state index is -0.129. The van der Waals surface area contributed by atoms with Gasteiger partial charge in [-0.05, 0) is 0 Å². The Balaban J connectivity index is 3.03. The van der Waals surface area contributed by atoms with Crippen LogP contribution in [-0.2, 0) is 4.79 Å². The maximum atomic E-state index is 12.5. The Bertz CT molecular complexity index is 485. The summed E-state index contributed by atoms with van der Waals surface area (Å²) in [5.41, 5.74) is 2.04. The van der Waals surface area contributed by atoms with E-state index in [0.29, 0.717) is 6.42 Å². The van der Waals surface area contributed by atoms with E-state index in [1.165, 1.54) is 0 Å². The van der Waals surface area contributed by atoms with Crippen LogP contribution in [0.5, 0.6) is 0 Å². The zero-order valence-electron chi connectivity index (χ0n) is 11.6. The van der Waals surface area contributed by atoms with Crippen LogP contribution in [0, 0.1) is 0 Å². The molecule has 19 heavy (non-hydrogen) atoms. The molecule has 2 heteroatoms. The van der Waals surface area contributed by atoms with Gasteiger partial charge < -0.3 is 0 Å². The predicted octanol–water partition coefficient (Wildman–Crippen LogP) is 4.13. The first-order valence-corrected chi connectivity index (χ1v) is 8.78. The van der Waals surface area contributed by atoms with Crippen LogP contribution in [0.4, 0.5) is 0 Å². The van der Waals surface area contributed by atoms with Crippen molar-refractivity contribution in [3.05, 3.63) is 71.2 Å². The summed E-state index contributed by atoms with van der Waals surface area (Å²) in [5.74, 6) is 2.12. The number of hydrogen-bond donors (Lipinski definition) is 0. The number of rotatable bonds is 7. The Morgan fingerprint density at radius 3 is 2.47 bits per heavy atom. The summed E-state index contributed by atoms with van der Waals surface area (Å²) < 4.78 is 1.09. The quantitative estimate of drug-likeness (QED) is 0.320. The van der Waals surface area contributed by atoms with Crippen LogP contribution in [0.15, 0.2) is 65.7 Å². The first-order valence-electron chi connectivity index (χ1n) is 6.21. The van der Waals surface area contributed by atoms with Crippen molar-refractivity contribution in [2.45, 2.75) is 25.1 Å². The predicted molar refractivity (Wildman–Crippen MR) is 83.5 cm³/mol. The molecule has 1 rings (SSSR count). The van der Waals surface area contributed by atoms with E-state index >= 15 is 0 Å². The van der Waals surface area contributed by atoms with E-state index in [1.807, 2.05) is 37.3 Å². The van der Waals surface area contributed by atoms with Crippen molar-refractivity contribution in [2.75, 3.05) is 0 Å². The summed E-state index contributed by atoms with van der Waals surface area (Å²) in [6.07, 6.45) is 4.24. The second-order valence-electron chi connectivity index (χ2n) is 4.38. The molecule has 100 valence electrons. The minimum absolute atomic E-state index is 0.129. The van der Waals surface area contributed by atoms with Gasteiger partial charge in [0, 0.05) is 0 Å². The van der Waals surface area contributed by atoms with Crippen LogP contribution < -0.4 is 0 Å². The molecule has 0 amide bonds. The van der Waals surface area contributed by atoms with Crippen molar-refractivity contribution in [3.63, 3.8) is 0 Å². The van der Waals surface area contributed by atoms with Gasteiger partial charge in [-0.3, -0.25) is 0 Å². The van der Waals surface area contributed by atoms with Crippen LogP contribution in [-0.4, -0.2) is 20.7 Å². The number of carbonyl (C=O) groups excluding carboxylic acids is 1. The molecule has 0 aliphatic heterocycles. The molecule has 1 unspecified atom stereocenters. The van der Waals surface area contributed by atoms with Crippen LogP contribution >= 0.6 is 0 Å². The molecule has 0 aromatic heterocycles. The van der Waals surface area contributed by atoms with Crippen LogP contribution in [0.3, 0.4) is 0 Å². The molecule has 0 N–H and O–H groups in total. The van der Waals surface area contributed by atoms with E-state index in [9.17, 15) is 4.79 Å². The molecule has 0 saturated carbocycles. The molecule has 0 aliphatic rings. The fraction of sp³-hybridized carbons (Fsp3) is 0.235. The first-order chi connectivity index (χ1) is 9.10. The van der Waals surface area contributed by atoms with Crippen molar-refractivity contribution in [2.24, 2.45) is 0 Å². The van der Waals surface area contributed by atoms with Crippen molar-refractivity contribution < 1.29 is 4.79 Å². The molecule has 0 aliphatic carbocycles. The van der Waals surface area contributed by atoms with Gasteiger partial charge in [-0.2, -0.15) is 0 Å². The molecule has 0 fully saturated rings. The summed E-state index contributed by atoms with van der Waals surface area (Å²) in [4.78, 5) is 12.5. The Morgan fingerprint density at radius 2 is 2.00 bits per heavy atom. The molecular formula is C17H20OSe. The molecule has 0 saturated heterocycles. The van der Waals surface area contributed by atoms with Crippen LogP contribution in [0.2, 0.25) is 5.82 Å². The number of allylic oxidation sites excluding steroid dienone is 4. The Morgan fingerprint density at radius 1 is 1.37 bits per heavy atom. The van der Waals surface area contributed by atoms with Crippen molar-refractivity contribution in [3.8, 4) is 0 Å². The third-order valence-electron chi connectivity index (χ3n) is 2.86.